The second-order valence-corrected chi connectivity index (χ2v) is 11.9. The molecule has 0 N–H and O–H groups in total. The van der Waals surface area contributed by atoms with Crippen LogP contribution in [-0.4, -0.2) is 21.4 Å². The third-order valence-electron chi connectivity index (χ3n) is 5.53. The molecule has 0 heterocycles. The van der Waals surface area contributed by atoms with Crippen LogP contribution in [0.5, 0.6) is 5.75 Å². The van der Waals surface area contributed by atoms with E-state index in [2.05, 4.69) is 13.8 Å². The van der Waals surface area contributed by atoms with Crippen LogP contribution in [0.25, 0.3) is 0 Å². The quantitative estimate of drug-likeness (QED) is 0.359. The number of aryl methyl sites for hydroxylation is 2. The first-order chi connectivity index (χ1) is 14.6. The van der Waals surface area contributed by atoms with Crippen LogP contribution in [0.15, 0.2) is 34.1 Å². The van der Waals surface area contributed by atoms with Crippen molar-refractivity contribution >= 4 is 20.2 Å². The summed E-state index contributed by atoms with van der Waals surface area (Å²) in [7, 11) is -8.93. The van der Waals surface area contributed by atoms with Crippen LogP contribution >= 0.6 is 0 Å². The van der Waals surface area contributed by atoms with Gasteiger partial charge in [0.15, 0.2) is 0 Å². The second kappa shape index (κ2) is 9.53. The fourth-order valence-corrected chi connectivity index (χ4v) is 6.17. The maximum absolute atomic E-state index is 13.5. The Morgan fingerprint density at radius 2 is 1.41 bits per heavy atom. The molecule has 0 fully saturated rings. The summed E-state index contributed by atoms with van der Waals surface area (Å²) in [6, 6.07) is 6.37. The lowest BCUT2D eigenvalue weighted by Gasteiger charge is -2.22. The second-order valence-electron chi connectivity index (χ2n) is 9.06. The van der Waals surface area contributed by atoms with Crippen LogP contribution in [0.1, 0.15) is 94.0 Å². The first-order valence-corrected chi connectivity index (χ1v) is 13.6. The van der Waals surface area contributed by atoms with Crippen molar-refractivity contribution < 1.29 is 25.6 Å². The normalized spacial score (nSPS) is 12.8. The van der Waals surface area contributed by atoms with E-state index in [1.165, 1.54) is 19.1 Å². The van der Waals surface area contributed by atoms with Gasteiger partial charge in [-0.05, 0) is 71.0 Å². The van der Waals surface area contributed by atoms with Crippen LogP contribution in [0.2, 0.25) is 0 Å². The Hall–Kier alpha value is -1.90. The molecular formula is C24H33O6S2-. The highest BCUT2D eigenvalue weighted by Gasteiger charge is 2.28. The van der Waals surface area contributed by atoms with Crippen molar-refractivity contribution in [1.29, 1.82) is 0 Å². The number of hydrogen-bond donors (Lipinski definition) is 0. The molecule has 0 atom stereocenters. The molecule has 2 aromatic carbocycles. The highest BCUT2D eigenvalue weighted by molar-refractivity contribution is 7.87. The molecule has 0 saturated heterocycles. The van der Waals surface area contributed by atoms with Crippen LogP contribution in [0.3, 0.4) is 0 Å². The number of rotatable bonds is 8. The van der Waals surface area contributed by atoms with E-state index in [4.69, 9.17) is 4.18 Å². The van der Waals surface area contributed by atoms with Crippen molar-refractivity contribution in [3.8, 4) is 5.75 Å². The lowest BCUT2D eigenvalue weighted by Crippen LogP contribution is -2.17. The van der Waals surface area contributed by atoms with E-state index in [9.17, 15) is 21.4 Å². The van der Waals surface area contributed by atoms with Crippen molar-refractivity contribution in [2.75, 3.05) is 0 Å². The van der Waals surface area contributed by atoms with E-state index in [0.29, 0.717) is 17.5 Å². The first-order valence-electron chi connectivity index (χ1n) is 10.8. The summed E-state index contributed by atoms with van der Waals surface area (Å²) in [6.07, 6.45) is 0.516. The fraction of sp³-hybridized carbons (Fsp3) is 0.500. The lowest BCUT2D eigenvalue weighted by molar-refractivity contribution is 0.460. The first kappa shape index (κ1) is 26.4. The molecule has 0 aliphatic rings. The minimum atomic E-state index is -4.71. The monoisotopic (exact) mass is 481 g/mol. The zero-order valence-electron chi connectivity index (χ0n) is 20.0. The molecule has 8 heteroatoms. The minimum Gasteiger partial charge on any atom is -0.744 e. The molecule has 0 aliphatic carbocycles. The molecule has 178 valence electrons. The molecule has 0 amide bonds. The van der Waals surface area contributed by atoms with Gasteiger partial charge in [0.05, 0.1) is 4.90 Å². The van der Waals surface area contributed by atoms with E-state index < -0.39 is 20.2 Å². The molecule has 0 bridgehead atoms. The average Bonchev–Trinajstić information content (AvgIpc) is 2.66. The molecular weight excluding hydrogens is 448 g/mol. The molecule has 0 unspecified atom stereocenters. The van der Waals surface area contributed by atoms with Crippen molar-refractivity contribution in [1.82, 2.24) is 0 Å². The number of benzene rings is 2. The van der Waals surface area contributed by atoms with Crippen molar-refractivity contribution in [2.45, 2.75) is 89.4 Å². The minimum absolute atomic E-state index is 0.0193. The molecule has 0 aliphatic heterocycles. The van der Waals surface area contributed by atoms with Gasteiger partial charge >= 0.3 is 10.1 Å². The van der Waals surface area contributed by atoms with Gasteiger partial charge in [0.1, 0.15) is 20.8 Å². The van der Waals surface area contributed by atoms with Gasteiger partial charge in [-0.25, -0.2) is 8.42 Å². The maximum atomic E-state index is 13.5. The Bertz CT molecular complexity index is 1210. The molecule has 0 spiro atoms. The highest BCUT2D eigenvalue weighted by atomic mass is 32.2. The molecule has 0 radical (unpaired) electrons. The van der Waals surface area contributed by atoms with Gasteiger partial charge in [0, 0.05) is 0 Å². The molecule has 6 nitrogen and oxygen atoms in total. The van der Waals surface area contributed by atoms with Crippen LogP contribution in [-0.2, 0) is 26.7 Å². The predicted molar refractivity (Wildman–Crippen MR) is 125 cm³/mol. The van der Waals surface area contributed by atoms with Crippen LogP contribution in [0.4, 0.5) is 0 Å². The highest BCUT2D eigenvalue weighted by Crippen LogP contribution is 2.36. The third kappa shape index (κ3) is 5.53. The average molecular weight is 482 g/mol. The SMILES string of the molecule is CCc1cc(C(C)C)cc(C(C)C)c1S(=O)(=O)Oc1cc(C(C)C)c(S(=O)(=O)[O-])cc1C. The molecule has 0 aromatic heterocycles. The van der Waals surface area contributed by atoms with Gasteiger partial charge in [-0.1, -0.05) is 60.6 Å². The van der Waals surface area contributed by atoms with E-state index >= 15 is 0 Å². The molecule has 2 rings (SSSR count). The largest absolute Gasteiger partial charge is 0.744 e. The van der Waals surface area contributed by atoms with Gasteiger partial charge in [0.25, 0.3) is 0 Å². The Kier molecular flexibility index (Phi) is 7.85. The standard InChI is InChI=1S/C24H34O6S2/c1-9-18-11-19(14(2)3)12-21(16(6)7)24(18)32(28,29)30-22-13-20(15(4)5)23(10-17(22)8)31(25,26)27/h10-16H,9H2,1-8H3,(H,25,26,27)/p-1. The summed E-state index contributed by atoms with van der Waals surface area (Å²) in [6.45, 7) is 14.9. The lowest BCUT2D eigenvalue weighted by atomic mass is 9.92. The predicted octanol–water partition coefficient (Wildman–Crippen LogP) is 5.60. The Balaban J connectivity index is 2.73. The van der Waals surface area contributed by atoms with Gasteiger partial charge in [-0.15, -0.1) is 0 Å². The van der Waals surface area contributed by atoms with Gasteiger partial charge < -0.3 is 8.74 Å². The molecule has 2 aromatic rings. The summed E-state index contributed by atoms with van der Waals surface area (Å²) in [5, 5.41) is 0. The Morgan fingerprint density at radius 1 is 0.844 bits per heavy atom. The Labute approximate surface area is 192 Å². The van der Waals surface area contributed by atoms with Gasteiger partial charge in [-0.2, -0.15) is 8.42 Å². The van der Waals surface area contributed by atoms with Gasteiger partial charge in [0.2, 0.25) is 0 Å². The zero-order chi connectivity index (χ0) is 24.6. The van der Waals surface area contributed by atoms with Crippen molar-refractivity contribution in [2.24, 2.45) is 0 Å². The zero-order valence-corrected chi connectivity index (χ0v) is 21.6. The van der Waals surface area contributed by atoms with Crippen molar-refractivity contribution in [3.05, 3.63) is 52.1 Å². The van der Waals surface area contributed by atoms with E-state index in [0.717, 1.165) is 5.56 Å². The van der Waals surface area contributed by atoms with Crippen LogP contribution < -0.4 is 4.18 Å². The molecule has 32 heavy (non-hydrogen) atoms. The smallest absolute Gasteiger partial charge is 0.339 e. The van der Waals surface area contributed by atoms with Crippen molar-refractivity contribution in [3.63, 3.8) is 0 Å². The Morgan fingerprint density at radius 3 is 1.84 bits per heavy atom. The van der Waals surface area contributed by atoms with E-state index in [1.54, 1.807) is 13.8 Å². The fourth-order valence-electron chi connectivity index (χ4n) is 3.66. The molecule has 0 saturated carbocycles. The summed E-state index contributed by atoms with van der Waals surface area (Å²) in [4.78, 5) is -0.196. The topological polar surface area (TPSA) is 101 Å². The number of hydrogen-bond acceptors (Lipinski definition) is 6. The summed E-state index contributed by atoms with van der Waals surface area (Å²) in [5.74, 6) is -0.103. The third-order valence-corrected chi connectivity index (χ3v) is 7.82. The van der Waals surface area contributed by atoms with Gasteiger partial charge in [-0.3, -0.25) is 0 Å². The van der Waals surface area contributed by atoms with E-state index in [1.807, 2.05) is 32.9 Å². The summed E-state index contributed by atoms with van der Waals surface area (Å²) >= 11 is 0. The van der Waals surface area contributed by atoms with Crippen LogP contribution in [0, 0.1) is 6.92 Å². The van der Waals surface area contributed by atoms with E-state index in [-0.39, 0.29) is 44.4 Å². The summed E-state index contributed by atoms with van der Waals surface area (Å²) < 4.78 is 67.7. The summed E-state index contributed by atoms with van der Waals surface area (Å²) in [5.41, 5.74) is 2.92. The maximum Gasteiger partial charge on any atom is 0.339 e.